The zero-order chi connectivity index (χ0) is 26.3. The van der Waals surface area contributed by atoms with E-state index in [-0.39, 0.29) is 18.5 Å². The number of fused-ring (bicyclic) bond motifs is 1. The van der Waals surface area contributed by atoms with Gasteiger partial charge in [0.15, 0.2) is 0 Å². The van der Waals surface area contributed by atoms with Crippen LogP contribution in [0.3, 0.4) is 0 Å². The molecule has 1 aromatic heterocycles. The molecule has 200 valence electrons. The number of ether oxygens (including phenoxy) is 1. The summed E-state index contributed by atoms with van der Waals surface area (Å²) in [6.45, 7) is 8.81. The second-order valence-corrected chi connectivity index (χ2v) is 9.23. The summed E-state index contributed by atoms with van der Waals surface area (Å²) in [4.78, 5) is 31.6. The number of likely N-dealkylation sites (tertiary alicyclic amines) is 1. The van der Waals surface area contributed by atoms with Crippen molar-refractivity contribution in [2.75, 3.05) is 72.6 Å². The van der Waals surface area contributed by atoms with Crippen LogP contribution in [0.4, 0.5) is 0 Å². The van der Waals surface area contributed by atoms with Crippen molar-refractivity contribution in [2.24, 2.45) is 0 Å². The number of pyridine rings is 1. The summed E-state index contributed by atoms with van der Waals surface area (Å²) in [6, 6.07) is 9.65. The second-order valence-electron chi connectivity index (χ2n) is 9.23. The van der Waals surface area contributed by atoms with E-state index in [2.05, 4.69) is 36.8 Å². The van der Waals surface area contributed by atoms with Gasteiger partial charge in [0, 0.05) is 57.4 Å². The van der Waals surface area contributed by atoms with Crippen molar-refractivity contribution < 1.29 is 14.3 Å². The van der Waals surface area contributed by atoms with Gasteiger partial charge < -0.3 is 30.4 Å². The molecule has 10 nitrogen and oxygen atoms in total. The SMILES string of the molecule is CN1CCCC1C#N.O=CCNC(=O)c1ccnc2ccc(OCCCN3CCNCCNCC3)cc12. The van der Waals surface area contributed by atoms with E-state index < -0.39 is 0 Å². The number of carbonyl (C=O) groups is 2. The Bertz CT molecular complexity index is 1030. The molecule has 4 rings (SSSR count). The fourth-order valence-corrected chi connectivity index (χ4v) is 4.43. The van der Waals surface area contributed by atoms with Gasteiger partial charge in [0.25, 0.3) is 5.91 Å². The van der Waals surface area contributed by atoms with Crippen LogP contribution >= 0.6 is 0 Å². The summed E-state index contributed by atoms with van der Waals surface area (Å²) in [5, 5.41) is 18.6. The average molecular weight is 510 g/mol. The quantitative estimate of drug-likeness (QED) is 0.354. The number of nitrogens with zero attached hydrogens (tertiary/aromatic N) is 4. The fraction of sp³-hybridized carbons (Fsp3) is 0.556. The maximum atomic E-state index is 12.3. The van der Waals surface area contributed by atoms with Crippen molar-refractivity contribution in [3.05, 3.63) is 36.0 Å². The lowest BCUT2D eigenvalue weighted by Gasteiger charge is -2.21. The molecule has 1 atom stereocenters. The van der Waals surface area contributed by atoms with Crippen LogP contribution in [0, 0.1) is 11.3 Å². The minimum atomic E-state index is -0.295. The Hall–Kier alpha value is -3.10. The minimum absolute atomic E-state index is 0.0135. The molecular weight excluding hydrogens is 470 g/mol. The number of benzene rings is 1. The summed E-state index contributed by atoms with van der Waals surface area (Å²) >= 11 is 0. The van der Waals surface area contributed by atoms with E-state index in [0.717, 1.165) is 65.2 Å². The molecule has 3 N–H and O–H groups in total. The predicted octanol–water partition coefficient (Wildman–Crippen LogP) is 1.03. The number of carbonyl (C=O) groups excluding carboxylic acids is 2. The monoisotopic (exact) mass is 509 g/mol. The Morgan fingerprint density at radius 1 is 1.22 bits per heavy atom. The summed E-state index contributed by atoms with van der Waals surface area (Å²) in [6.07, 6.45) is 5.43. The van der Waals surface area contributed by atoms with E-state index >= 15 is 0 Å². The maximum absolute atomic E-state index is 12.3. The molecule has 0 aliphatic carbocycles. The van der Waals surface area contributed by atoms with E-state index in [0.29, 0.717) is 35.1 Å². The highest BCUT2D eigenvalue weighted by Crippen LogP contribution is 2.23. The van der Waals surface area contributed by atoms with E-state index in [1.165, 1.54) is 6.42 Å². The van der Waals surface area contributed by atoms with Crippen molar-refractivity contribution in [3.8, 4) is 11.8 Å². The lowest BCUT2D eigenvalue weighted by Crippen LogP contribution is -2.35. The lowest BCUT2D eigenvalue weighted by atomic mass is 10.1. The van der Waals surface area contributed by atoms with E-state index in [4.69, 9.17) is 10.00 Å². The standard InChI is InChI=1S/C21H29N5O3.C6H10N2/c27-14-10-25-21(28)18-4-5-24-20-3-2-17(16-19(18)20)29-15-1-11-26-12-8-22-6-7-23-9-13-26;1-8-4-2-3-6(8)5-7/h2-5,14,16,22-23H,1,6-13,15H2,(H,25,28);6H,2-4H2,1H3. The highest BCUT2D eigenvalue weighted by Gasteiger charge is 2.19. The zero-order valence-corrected chi connectivity index (χ0v) is 21.7. The molecule has 0 spiro atoms. The number of amides is 1. The van der Waals surface area contributed by atoms with Gasteiger partial charge in [-0.1, -0.05) is 0 Å². The molecule has 2 aliphatic rings. The summed E-state index contributed by atoms with van der Waals surface area (Å²) in [7, 11) is 2.00. The predicted molar refractivity (Wildman–Crippen MR) is 144 cm³/mol. The van der Waals surface area contributed by atoms with Gasteiger partial charge in [0.2, 0.25) is 0 Å². The summed E-state index contributed by atoms with van der Waals surface area (Å²) in [5.74, 6) is 0.416. The number of rotatable bonds is 8. The molecule has 1 aromatic carbocycles. The van der Waals surface area contributed by atoms with Crippen LogP contribution in [0.5, 0.6) is 5.75 Å². The molecule has 1 amide bonds. The molecule has 37 heavy (non-hydrogen) atoms. The van der Waals surface area contributed by atoms with Gasteiger partial charge in [-0.25, -0.2) is 0 Å². The first-order valence-corrected chi connectivity index (χ1v) is 13.1. The van der Waals surface area contributed by atoms with Crippen LogP contribution in [0.15, 0.2) is 30.5 Å². The molecule has 2 aliphatic heterocycles. The third-order valence-electron chi connectivity index (χ3n) is 6.55. The number of nitriles is 1. The molecule has 0 bridgehead atoms. The highest BCUT2D eigenvalue weighted by atomic mass is 16.5. The lowest BCUT2D eigenvalue weighted by molar-refractivity contribution is -0.107. The number of nitrogens with one attached hydrogen (secondary N) is 3. The van der Waals surface area contributed by atoms with Crippen LogP contribution in [0.25, 0.3) is 10.9 Å². The number of hydrogen-bond donors (Lipinski definition) is 3. The first kappa shape index (κ1) is 28.5. The summed E-state index contributed by atoms with van der Waals surface area (Å²) < 4.78 is 5.93. The molecule has 2 fully saturated rings. The molecule has 0 radical (unpaired) electrons. The average Bonchev–Trinajstić information content (AvgIpc) is 3.39. The van der Waals surface area contributed by atoms with Crippen molar-refractivity contribution in [2.45, 2.75) is 25.3 Å². The van der Waals surface area contributed by atoms with E-state index in [1.807, 2.05) is 25.2 Å². The third-order valence-corrected chi connectivity index (χ3v) is 6.55. The van der Waals surface area contributed by atoms with Crippen molar-refractivity contribution >= 4 is 23.1 Å². The molecule has 2 aromatic rings. The van der Waals surface area contributed by atoms with Gasteiger partial charge in [-0.2, -0.15) is 5.26 Å². The van der Waals surface area contributed by atoms with Crippen LogP contribution < -0.4 is 20.7 Å². The van der Waals surface area contributed by atoms with Gasteiger partial charge >= 0.3 is 0 Å². The van der Waals surface area contributed by atoms with Crippen LogP contribution in [0.2, 0.25) is 0 Å². The van der Waals surface area contributed by atoms with Crippen molar-refractivity contribution in [3.63, 3.8) is 0 Å². The van der Waals surface area contributed by atoms with Crippen LogP contribution in [-0.2, 0) is 4.79 Å². The molecule has 10 heteroatoms. The third kappa shape index (κ3) is 9.37. The number of aldehydes is 1. The molecule has 0 saturated carbocycles. The highest BCUT2D eigenvalue weighted by molar-refractivity contribution is 6.06. The Labute approximate surface area is 219 Å². The largest absolute Gasteiger partial charge is 0.494 e. The molecule has 2 saturated heterocycles. The van der Waals surface area contributed by atoms with Gasteiger partial charge in [0.05, 0.1) is 36.3 Å². The fourth-order valence-electron chi connectivity index (χ4n) is 4.43. The van der Waals surface area contributed by atoms with E-state index in [1.54, 1.807) is 12.3 Å². The molecular formula is C27H39N7O3. The Balaban J connectivity index is 0.000000405. The first-order chi connectivity index (χ1) is 18.1. The number of aromatic nitrogens is 1. The maximum Gasteiger partial charge on any atom is 0.252 e. The van der Waals surface area contributed by atoms with Gasteiger partial charge in [-0.3, -0.25) is 14.7 Å². The van der Waals surface area contributed by atoms with Gasteiger partial charge in [-0.05, 0) is 57.1 Å². The molecule has 3 heterocycles. The smallest absolute Gasteiger partial charge is 0.252 e. The Kier molecular flexibility index (Phi) is 12.2. The first-order valence-electron chi connectivity index (χ1n) is 13.1. The minimum Gasteiger partial charge on any atom is -0.494 e. The van der Waals surface area contributed by atoms with Crippen molar-refractivity contribution in [1.82, 2.24) is 30.7 Å². The Morgan fingerprint density at radius 2 is 2.00 bits per heavy atom. The van der Waals surface area contributed by atoms with E-state index in [9.17, 15) is 9.59 Å². The normalized spacial score (nSPS) is 19.0. The van der Waals surface area contributed by atoms with Gasteiger partial charge in [-0.15, -0.1) is 0 Å². The Morgan fingerprint density at radius 3 is 2.65 bits per heavy atom. The van der Waals surface area contributed by atoms with Crippen LogP contribution in [0.1, 0.15) is 29.6 Å². The summed E-state index contributed by atoms with van der Waals surface area (Å²) in [5.41, 5.74) is 1.20. The van der Waals surface area contributed by atoms with Crippen molar-refractivity contribution in [1.29, 1.82) is 5.26 Å². The van der Waals surface area contributed by atoms with Crippen LogP contribution in [-0.4, -0.2) is 106 Å². The molecule has 1 unspecified atom stereocenters. The van der Waals surface area contributed by atoms with Gasteiger partial charge in [0.1, 0.15) is 12.0 Å². The number of hydrogen-bond acceptors (Lipinski definition) is 9. The second kappa shape index (κ2) is 15.9. The topological polar surface area (TPSA) is 123 Å². The zero-order valence-electron chi connectivity index (χ0n) is 21.7.